The molecule has 0 unspecified atom stereocenters. The molecule has 8 heteroatoms. The average Bonchev–Trinajstić information content (AvgIpc) is 2.70. The highest BCUT2D eigenvalue weighted by Crippen LogP contribution is 2.45. The number of hydrogen-bond acceptors (Lipinski definition) is 4. The van der Waals surface area contributed by atoms with Crippen molar-refractivity contribution in [1.29, 1.82) is 0 Å². The Balaban J connectivity index is 1.98. The number of anilines is 1. The van der Waals surface area contributed by atoms with E-state index in [1.54, 1.807) is 24.3 Å². The zero-order chi connectivity index (χ0) is 18.2. The van der Waals surface area contributed by atoms with Crippen molar-refractivity contribution in [3.63, 3.8) is 0 Å². The minimum absolute atomic E-state index is 0.0416. The average molecular weight is 369 g/mol. The Morgan fingerprint density at radius 2 is 1.84 bits per heavy atom. The number of thioether (sulfide) groups is 1. The van der Waals surface area contributed by atoms with Crippen LogP contribution >= 0.6 is 11.8 Å². The number of hydrogen-bond donors (Lipinski definition) is 2. The monoisotopic (exact) mass is 369 g/mol. The molecule has 0 spiro atoms. The molecule has 2 N–H and O–H groups in total. The molecule has 4 nitrogen and oxygen atoms in total. The van der Waals surface area contributed by atoms with E-state index in [-0.39, 0.29) is 5.69 Å². The minimum Gasteiger partial charge on any atom is -0.497 e. The van der Waals surface area contributed by atoms with Crippen LogP contribution in [0.25, 0.3) is 0 Å². The Kier molecular flexibility index (Phi) is 4.66. The lowest BCUT2D eigenvalue weighted by atomic mass is 10.1. The number of amides is 1. The van der Waals surface area contributed by atoms with E-state index in [1.807, 2.05) is 0 Å². The lowest BCUT2D eigenvalue weighted by Crippen LogP contribution is -2.30. The number of aliphatic hydroxyl groups is 1. The predicted molar refractivity (Wildman–Crippen MR) is 87.7 cm³/mol. The van der Waals surface area contributed by atoms with Gasteiger partial charge in [0.25, 0.3) is 5.91 Å². The smallest absolute Gasteiger partial charge is 0.416 e. The molecular weight excluding hydrogens is 355 g/mol. The largest absolute Gasteiger partial charge is 0.497 e. The van der Waals surface area contributed by atoms with Gasteiger partial charge >= 0.3 is 6.18 Å². The van der Waals surface area contributed by atoms with Crippen molar-refractivity contribution in [3.8, 4) is 5.75 Å². The van der Waals surface area contributed by atoms with Crippen molar-refractivity contribution in [2.45, 2.75) is 22.4 Å². The third kappa shape index (κ3) is 3.59. The fourth-order valence-electron chi connectivity index (χ4n) is 2.50. The van der Waals surface area contributed by atoms with E-state index in [4.69, 9.17) is 4.74 Å². The van der Waals surface area contributed by atoms with Gasteiger partial charge in [0.15, 0.2) is 0 Å². The third-order valence-electron chi connectivity index (χ3n) is 3.82. The Bertz CT molecular complexity index is 793. The summed E-state index contributed by atoms with van der Waals surface area (Å²) >= 11 is 1.13. The maximum absolute atomic E-state index is 12.9. The van der Waals surface area contributed by atoms with Gasteiger partial charge in [-0.3, -0.25) is 4.79 Å². The van der Waals surface area contributed by atoms with Crippen LogP contribution in [0, 0.1) is 0 Å². The van der Waals surface area contributed by atoms with Gasteiger partial charge in [-0.2, -0.15) is 13.2 Å². The first-order valence-corrected chi connectivity index (χ1v) is 8.18. The Morgan fingerprint density at radius 3 is 2.44 bits per heavy atom. The summed E-state index contributed by atoms with van der Waals surface area (Å²) in [6, 6.07) is 9.95. The summed E-state index contributed by atoms with van der Waals surface area (Å²) in [6.45, 7) is 0. The fraction of sp³-hybridized carbons (Fsp3) is 0.235. The SMILES string of the molecule is COc1ccc([C@H]2Sc3ccc(C(F)(F)F)cc3NC(=O)[C@H]2O)cc1. The molecule has 2 aromatic carbocycles. The maximum Gasteiger partial charge on any atom is 0.416 e. The number of ether oxygens (including phenoxy) is 1. The van der Waals surface area contributed by atoms with Crippen molar-refractivity contribution in [1.82, 2.24) is 0 Å². The van der Waals surface area contributed by atoms with Crippen LogP contribution in [0.2, 0.25) is 0 Å². The molecule has 2 aromatic rings. The number of carbonyl (C=O) groups is 1. The molecule has 0 saturated carbocycles. The minimum atomic E-state index is -4.51. The quantitative estimate of drug-likeness (QED) is 0.844. The van der Waals surface area contributed by atoms with Gasteiger partial charge in [0, 0.05) is 4.90 Å². The van der Waals surface area contributed by atoms with E-state index in [2.05, 4.69) is 5.32 Å². The summed E-state index contributed by atoms with van der Waals surface area (Å²) in [5.74, 6) is -0.122. The van der Waals surface area contributed by atoms with Gasteiger partial charge in [-0.1, -0.05) is 12.1 Å². The first-order valence-electron chi connectivity index (χ1n) is 7.30. The number of rotatable bonds is 2. The zero-order valence-electron chi connectivity index (χ0n) is 13.0. The van der Waals surface area contributed by atoms with Gasteiger partial charge < -0.3 is 15.2 Å². The van der Waals surface area contributed by atoms with E-state index in [9.17, 15) is 23.1 Å². The second-order valence-electron chi connectivity index (χ2n) is 5.45. The second kappa shape index (κ2) is 6.61. The first-order chi connectivity index (χ1) is 11.8. The Hall–Kier alpha value is -2.19. The summed E-state index contributed by atoms with van der Waals surface area (Å²) in [5, 5.41) is 12.0. The summed E-state index contributed by atoms with van der Waals surface area (Å²) in [7, 11) is 1.52. The van der Waals surface area contributed by atoms with Crippen LogP contribution in [0.5, 0.6) is 5.75 Å². The molecule has 0 aromatic heterocycles. The number of nitrogens with one attached hydrogen (secondary N) is 1. The van der Waals surface area contributed by atoms with Crippen LogP contribution in [0.15, 0.2) is 47.4 Å². The molecule has 1 heterocycles. The van der Waals surface area contributed by atoms with Gasteiger partial charge in [-0.15, -0.1) is 11.8 Å². The number of aliphatic hydroxyl groups excluding tert-OH is 1. The number of alkyl halides is 3. The van der Waals surface area contributed by atoms with Crippen LogP contribution in [-0.2, 0) is 11.0 Å². The summed E-state index contributed by atoms with van der Waals surface area (Å²) in [5.41, 5.74) is -0.148. The number of carbonyl (C=O) groups excluding carboxylic acids is 1. The van der Waals surface area contributed by atoms with Crippen LogP contribution in [0.1, 0.15) is 16.4 Å². The summed E-state index contributed by atoms with van der Waals surface area (Å²) < 4.78 is 43.7. The highest BCUT2D eigenvalue weighted by atomic mass is 32.2. The Labute approximate surface area is 146 Å². The van der Waals surface area contributed by atoms with Crippen molar-refractivity contribution in [2.24, 2.45) is 0 Å². The van der Waals surface area contributed by atoms with Crippen molar-refractivity contribution >= 4 is 23.4 Å². The van der Waals surface area contributed by atoms with Gasteiger partial charge in [-0.25, -0.2) is 0 Å². The van der Waals surface area contributed by atoms with Crippen molar-refractivity contribution in [2.75, 3.05) is 12.4 Å². The number of fused-ring (bicyclic) bond motifs is 1. The van der Waals surface area contributed by atoms with E-state index in [0.717, 1.165) is 23.9 Å². The standard InChI is InChI=1S/C17H14F3NO3S/c1-24-11-5-2-9(3-6-11)15-14(22)16(23)21-12-8-10(17(18,19)20)4-7-13(12)25-15/h2-8,14-15,22H,1H3,(H,21,23)/t14-,15+/m0/s1. The molecule has 0 bridgehead atoms. The van der Waals surface area contributed by atoms with Gasteiger partial charge in [-0.05, 0) is 35.9 Å². The first kappa shape index (κ1) is 17.6. The fourth-order valence-corrected chi connectivity index (χ4v) is 3.70. The molecule has 1 aliphatic heterocycles. The number of halogens is 3. The predicted octanol–water partition coefficient (Wildman–Crippen LogP) is 3.86. The van der Waals surface area contributed by atoms with Crippen LogP contribution in [0.4, 0.5) is 18.9 Å². The Morgan fingerprint density at radius 1 is 1.16 bits per heavy atom. The second-order valence-corrected chi connectivity index (χ2v) is 6.64. The summed E-state index contributed by atoms with van der Waals surface area (Å²) in [4.78, 5) is 12.6. The number of benzene rings is 2. The molecule has 25 heavy (non-hydrogen) atoms. The molecule has 1 amide bonds. The molecule has 0 aliphatic carbocycles. The van der Waals surface area contributed by atoms with Crippen molar-refractivity contribution in [3.05, 3.63) is 53.6 Å². The van der Waals surface area contributed by atoms with Crippen LogP contribution in [-0.4, -0.2) is 24.2 Å². The van der Waals surface area contributed by atoms with Gasteiger partial charge in [0.05, 0.1) is 23.6 Å². The number of methoxy groups -OCH3 is 1. The molecular formula is C17H14F3NO3S. The van der Waals surface area contributed by atoms with E-state index in [1.165, 1.54) is 13.2 Å². The lowest BCUT2D eigenvalue weighted by molar-refractivity contribution is -0.137. The highest BCUT2D eigenvalue weighted by molar-refractivity contribution is 7.99. The normalized spacial score (nSPS) is 20.4. The zero-order valence-corrected chi connectivity index (χ0v) is 13.8. The summed E-state index contributed by atoms with van der Waals surface area (Å²) in [6.07, 6.45) is -5.91. The van der Waals surface area contributed by atoms with E-state index >= 15 is 0 Å². The van der Waals surface area contributed by atoms with E-state index in [0.29, 0.717) is 16.2 Å². The van der Waals surface area contributed by atoms with Crippen LogP contribution in [0.3, 0.4) is 0 Å². The highest BCUT2D eigenvalue weighted by Gasteiger charge is 2.35. The van der Waals surface area contributed by atoms with Crippen LogP contribution < -0.4 is 10.1 Å². The molecule has 3 rings (SSSR count). The topological polar surface area (TPSA) is 58.6 Å². The van der Waals surface area contributed by atoms with E-state index < -0.39 is 29.0 Å². The molecule has 2 atom stereocenters. The molecule has 0 radical (unpaired) electrons. The molecule has 132 valence electrons. The van der Waals surface area contributed by atoms with Crippen molar-refractivity contribution < 1.29 is 27.8 Å². The lowest BCUT2D eigenvalue weighted by Gasteiger charge is -2.19. The third-order valence-corrected chi connectivity index (χ3v) is 5.21. The van der Waals surface area contributed by atoms with Gasteiger partial charge in [0.2, 0.25) is 0 Å². The molecule has 0 fully saturated rings. The van der Waals surface area contributed by atoms with Gasteiger partial charge in [0.1, 0.15) is 11.9 Å². The maximum atomic E-state index is 12.9. The molecule has 1 aliphatic rings. The molecule has 0 saturated heterocycles.